The molecule has 212 valence electrons. The molecule has 9 heteroatoms. The molecule has 2 atom stereocenters. The van der Waals surface area contributed by atoms with Crippen molar-refractivity contribution in [2.24, 2.45) is 0 Å². The smallest absolute Gasteiger partial charge is 0.251 e. The van der Waals surface area contributed by atoms with E-state index in [-0.39, 0.29) is 36.6 Å². The number of aromatic nitrogens is 2. The van der Waals surface area contributed by atoms with Crippen LogP contribution in [0.3, 0.4) is 0 Å². The van der Waals surface area contributed by atoms with Crippen LogP contribution in [-0.2, 0) is 17.8 Å². The van der Waals surface area contributed by atoms with Crippen LogP contribution in [0, 0.1) is 11.3 Å². The number of carbonyl (C=O) groups is 2. The van der Waals surface area contributed by atoms with Gasteiger partial charge >= 0.3 is 0 Å². The number of carbonyl (C=O) groups excluding carboxylic acids is 2. The Morgan fingerprint density at radius 2 is 1.88 bits per heavy atom. The van der Waals surface area contributed by atoms with E-state index in [9.17, 15) is 20.0 Å². The van der Waals surface area contributed by atoms with Crippen LogP contribution in [0.4, 0.5) is 0 Å². The van der Waals surface area contributed by atoms with Crippen LogP contribution in [0.5, 0.6) is 5.75 Å². The minimum atomic E-state index is -0.315. The van der Waals surface area contributed by atoms with Crippen molar-refractivity contribution < 1.29 is 19.4 Å². The van der Waals surface area contributed by atoms with Crippen LogP contribution in [0.2, 0.25) is 0 Å². The number of nitriles is 1. The summed E-state index contributed by atoms with van der Waals surface area (Å²) in [5.74, 6) is 0.937. The largest absolute Gasteiger partial charge is 0.490 e. The van der Waals surface area contributed by atoms with Crippen molar-refractivity contribution in [2.45, 2.75) is 72.2 Å². The maximum absolute atomic E-state index is 13.0. The molecule has 0 spiro atoms. The summed E-state index contributed by atoms with van der Waals surface area (Å²) < 4.78 is 7.70. The number of benzene rings is 2. The fraction of sp³-hybridized carbons (Fsp3) is 0.419. The van der Waals surface area contributed by atoms with Gasteiger partial charge in [0.15, 0.2) is 0 Å². The van der Waals surface area contributed by atoms with Gasteiger partial charge in [0.05, 0.1) is 23.4 Å². The molecule has 0 fully saturated rings. The van der Waals surface area contributed by atoms with E-state index in [1.54, 1.807) is 31.0 Å². The lowest BCUT2D eigenvalue weighted by molar-refractivity contribution is -0.129. The van der Waals surface area contributed by atoms with Crippen molar-refractivity contribution in [1.29, 1.82) is 5.26 Å². The third-order valence-electron chi connectivity index (χ3n) is 6.87. The summed E-state index contributed by atoms with van der Waals surface area (Å²) in [7, 11) is 1.77. The number of ether oxygens (including phenoxy) is 1. The first-order valence-electron chi connectivity index (χ1n) is 13.6. The maximum atomic E-state index is 13.0. The summed E-state index contributed by atoms with van der Waals surface area (Å²) in [5, 5.41) is 22.1. The first kappa shape index (κ1) is 30.4. The van der Waals surface area contributed by atoms with Gasteiger partial charge in [-0.3, -0.25) is 9.59 Å². The Labute approximate surface area is 236 Å². The maximum Gasteiger partial charge on any atom is 0.251 e. The molecule has 2 unspecified atom stereocenters. The monoisotopic (exact) mass is 545 g/mol. The highest BCUT2D eigenvalue weighted by Crippen LogP contribution is 2.25. The molecule has 2 N–H and O–H groups in total. The highest BCUT2D eigenvalue weighted by Gasteiger charge is 2.21. The van der Waals surface area contributed by atoms with Crippen molar-refractivity contribution >= 4 is 11.8 Å². The fourth-order valence-corrected chi connectivity index (χ4v) is 4.46. The molecule has 2 amide bonds. The highest BCUT2D eigenvalue weighted by atomic mass is 16.5. The Morgan fingerprint density at radius 1 is 1.18 bits per heavy atom. The summed E-state index contributed by atoms with van der Waals surface area (Å²) in [4.78, 5) is 31.4. The molecule has 0 saturated heterocycles. The molecule has 0 aliphatic rings. The number of hydrogen-bond acceptors (Lipinski definition) is 6. The molecule has 0 saturated carbocycles. The zero-order valence-corrected chi connectivity index (χ0v) is 24.1. The second-order valence-electron chi connectivity index (χ2n) is 10.1. The van der Waals surface area contributed by atoms with Gasteiger partial charge in [-0.2, -0.15) is 5.26 Å². The molecular formula is C31H39N5O4. The molecule has 0 aliphatic carbocycles. The quantitative estimate of drug-likeness (QED) is 0.346. The van der Waals surface area contributed by atoms with Gasteiger partial charge in [0, 0.05) is 50.5 Å². The van der Waals surface area contributed by atoms with Crippen LogP contribution in [0.1, 0.15) is 74.4 Å². The molecule has 0 bridgehead atoms. The van der Waals surface area contributed by atoms with Crippen LogP contribution < -0.4 is 10.1 Å². The number of nitrogens with zero attached hydrogens (tertiary/aromatic N) is 4. The van der Waals surface area contributed by atoms with Crippen LogP contribution in [-0.4, -0.2) is 57.2 Å². The number of imidazole rings is 1. The van der Waals surface area contributed by atoms with Crippen molar-refractivity contribution in [3.63, 3.8) is 0 Å². The van der Waals surface area contributed by atoms with Gasteiger partial charge in [-0.05, 0) is 64.3 Å². The van der Waals surface area contributed by atoms with Gasteiger partial charge in [-0.15, -0.1) is 0 Å². The minimum absolute atomic E-state index is 0.0174. The number of rotatable bonds is 12. The summed E-state index contributed by atoms with van der Waals surface area (Å²) in [5.41, 5.74) is 3.43. The first-order chi connectivity index (χ1) is 19.1. The van der Waals surface area contributed by atoms with Crippen molar-refractivity contribution in [3.8, 4) is 23.1 Å². The molecular weight excluding hydrogens is 506 g/mol. The fourth-order valence-electron chi connectivity index (χ4n) is 4.46. The van der Waals surface area contributed by atoms with E-state index < -0.39 is 0 Å². The minimum Gasteiger partial charge on any atom is -0.490 e. The van der Waals surface area contributed by atoms with Crippen molar-refractivity contribution in [1.82, 2.24) is 19.8 Å². The van der Waals surface area contributed by atoms with Gasteiger partial charge in [0.25, 0.3) is 5.91 Å². The Balaban J connectivity index is 1.74. The summed E-state index contributed by atoms with van der Waals surface area (Å²) >= 11 is 0. The molecule has 1 aromatic heterocycles. The Hall–Kier alpha value is -4.16. The molecule has 3 aromatic rings. The van der Waals surface area contributed by atoms with Crippen LogP contribution in [0.15, 0.2) is 48.7 Å². The Morgan fingerprint density at radius 3 is 2.45 bits per heavy atom. The summed E-state index contributed by atoms with van der Waals surface area (Å²) in [6.45, 7) is 9.97. The van der Waals surface area contributed by atoms with E-state index >= 15 is 0 Å². The average Bonchev–Trinajstić information content (AvgIpc) is 3.37. The first-order valence-corrected chi connectivity index (χ1v) is 13.6. The van der Waals surface area contributed by atoms with Gasteiger partial charge in [-0.25, -0.2) is 4.98 Å². The van der Waals surface area contributed by atoms with Crippen LogP contribution >= 0.6 is 0 Å². The topological polar surface area (TPSA) is 120 Å². The Bertz CT molecular complexity index is 1360. The predicted octanol–water partition coefficient (Wildman–Crippen LogP) is 4.49. The van der Waals surface area contributed by atoms with E-state index in [0.29, 0.717) is 29.7 Å². The second-order valence-corrected chi connectivity index (χ2v) is 10.1. The molecule has 3 rings (SSSR count). The van der Waals surface area contributed by atoms with E-state index in [4.69, 9.17) is 9.72 Å². The van der Waals surface area contributed by atoms with Gasteiger partial charge in [0.1, 0.15) is 17.6 Å². The van der Waals surface area contributed by atoms with E-state index in [1.165, 1.54) is 6.07 Å². The van der Waals surface area contributed by atoms with Crippen molar-refractivity contribution in [3.05, 3.63) is 71.2 Å². The number of nitrogens with one attached hydrogen (secondary N) is 1. The highest BCUT2D eigenvalue weighted by molar-refractivity contribution is 5.95. The molecule has 1 heterocycles. The second kappa shape index (κ2) is 13.8. The SMILES string of the molecule is CCn1cc(-c2ccc(CC(CCO)NC(=O)c3ccc(OC(C)C)c(C#N)c3)cc2)nc1C(C)N(C)C(C)=O. The lowest BCUT2D eigenvalue weighted by Crippen LogP contribution is -2.37. The third kappa shape index (κ3) is 7.48. The van der Waals surface area contributed by atoms with Gasteiger partial charge in [-0.1, -0.05) is 24.3 Å². The lowest BCUT2D eigenvalue weighted by Gasteiger charge is -2.23. The van der Waals surface area contributed by atoms with E-state index in [0.717, 1.165) is 29.2 Å². The van der Waals surface area contributed by atoms with Crippen molar-refractivity contribution in [2.75, 3.05) is 13.7 Å². The number of aliphatic hydroxyl groups is 1. The Kier molecular flexibility index (Phi) is 10.5. The van der Waals surface area contributed by atoms with E-state index in [2.05, 4.69) is 16.0 Å². The molecule has 40 heavy (non-hydrogen) atoms. The summed E-state index contributed by atoms with van der Waals surface area (Å²) in [6.07, 6.45) is 2.82. The zero-order valence-electron chi connectivity index (χ0n) is 24.1. The number of aryl methyl sites for hydroxylation is 1. The zero-order chi connectivity index (χ0) is 29.4. The lowest BCUT2D eigenvalue weighted by atomic mass is 10.0. The van der Waals surface area contributed by atoms with Gasteiger partial charge in [0.2, 0.25) is 5.91 Å². The number of aliphatic hydroxyl groups excluding tert-OH is 1. The molecule has 2 aromatic carbocycles. The average molecular weight is 546 g/mol. The third-order valence-corrected chi connectivity index (χ3v) is 6.87. The molecule has 0 radical (unpaired) electrons. The number of amides is 2. The van der Waals surface area contributed by atoms with E-state index in [1.807, 2.05) is 58.2 Å². The predicted molar refractivity (Wildman–Crippen MR) is 154 cm³/mol. The standard InChI is InChI=1S/C31H39N5O4/c1-7-36-19-28(34-30(36)21(4)35(6)22(5)38)24-10-8-23(9-11-24)16-27(14-15-37)33-31(39)25-12-13-29(40-20(2)3)26(17-25)18-32/h8-13,17,19-21,27,37H,7,14-16H2,1-6H3,(H,33,39). The molecule has 9 nitrogen and oxygen atoms in total. The van der Waals surface area contributed by atoms with Gasteiger partial charge < -0.3 is 24.6 Å². The summed E-state index contributed by atoms with van der Waals surface area (Å²) in [6, 6.07) is 14.4. The van der Waals surface area contributed by atoms with Crippen LogP contribution in [0.25, 0.3) is 11.3 Å². The molecule has 0 aliphatic heterocycles. The number of hydrogen-bond donors (Lipinski definition) is 2. The normalized spacial score (nSPS) is 12.5.